The number of aromatic nitrogens is 9. The van der Waals surface area contributed by atoms with Gasteiger partial charge in [-0.2, -0.15) is 9.97 Å². The minimum atomic E-state index is 0.0805. The van der Waals surface area contributed by atoms with E-state index < -0.39 is 0 Å². The van der Waals surface area contributed by atoms with Gasteiger partial charge in [-0.25, -0.2) is 34.9 Å². The largest absolute Gasteiger partial charge is 0.453 e. The smallest absolute Gasteiger partial charge is 0.239 e. The topological polar surface area (TPSA) is 128 Å². The van der Waals surface area contributed by atoms with Crippen LogP contribution in [0.1, 0.15) is 26.3 Å². The van der Waals surface area contributed by atoms with Gasteiger partial charge in [0, 0.05) is 44.5 Å². The van der Waals surface area contributed by atoms with Crippen LogP contribution in [0, 0.1) is 0 Å². The quantitative estimate of drug-likeness (QED) is 0.121. The zero-order chi connectivity index (χ0) is 86.8. The molecule has 130 heavy (non-hydrogen) atoms. The highest BCUT2D eigenvalue weighted by Crippen LogP contribution is 2.51. The van der Waals surface area contributed by atoms with Gasteiger partial charge in [0.1, 0.15) is 0 Å². The summed E-state index contributed by atoms with van der Waals surface area (Å²) in [7, 11) is 0. The molecule has 612 valence electrons. The van der Waals surface area contributed by atoms with Crippen molar-refractivity contribution in [2.45, 2.75) is 26.2 Å². The lowest BCUT2D eigenvalue weighted by Crippen LogP contribution is -2.19. The summed E-state index contributed by atoms with van der Waals surface area (Å²) in [6, 6.07) is 150. The molecule has 0 fully saturated rings. The van der Waals surface area contributed by atoms with E-state index in [-0.39, 0.29) is 5.41 Å². The normalized spacial score (nSPS) is 11.9. The van der Waals surface area contributed by atoms with Crippen LogP contribution in [0.2, 0.25) is 0 Å². The maximum absolute atomic E-state index is 6.27. The van der Waals surface area contributed by atoms with Crippen LogP contribution >= 0.6 is 0 Å². The molecule has 0 N–H and O–H groups in total. The predicted octanol–water partition coefficient (Wildman–Crippen LogP) is 31.0. The van der Waals surface area contributed by atoms with Gasteiger partial charge in [-0.3, -0.25) is 4.90 Å². The van der Waals surface area contributed by atoms with Crippen molar-refractivity contribution < 1.29 is 4.74 Å². The molecule has 1 aliphatic rings. The molecule has 0 bridgehead atoms. The summed E-state index contributed by atoms with van der Waals surface area (Å²) in [6.45, 7) is 6.67. The molecule has 4 heterocycles. The number of nitrogens with zero attached hydrogens (tertiary/aromatic N) is 10. The van der Waals surface area contributed by atoms with Gasteiger partial charge in [-0.15, -0.1) is 0 Å². The molecule has 0 saturated heterocycles. The van der Waals surface area contributed by atoms with Crippen LogP contribution in [-0.4, -0.2) is 44.9 Å². The third-order valence-corrected chi connectivity index (χ3v) is 24.8. The summed E-state index contributed by atoms with van der Waals surface area (Å²) >= 11 is 0. The maximum Gasteiger partial charge on any atom is 0.239 e. The molecule has 1 aliphatic heterocycles. The maximum atomic E-state index is 6.27. The first-order valence-electron chi connectivity index (χ1n) is 43.9. The molecule has 0 aliphatic carbocycles. The van der Waals surface area contributed by atoms with E-state index in [9.17, 15) is 0 Å². The van der Waals surface area contributed by atoms with Crippen molar-refractivity contribution in [2.75, 3.05) is 4.90 Å². The fourth-order valence-electron chi connectivity index (χ4n) is 18.2. The minimum absolute atomic E-state index is 0.0805. The van der Waals surface area contributed by atoms with Gasteiger partial charge in [-0.1, -0.05) is 397 Å². The molecule has 0 amide bonds. The molecule has 11 heteroatoms. The average molecular weight is 1670 g/mol. The third kappa shape index (κ3) is 14.7. The summed E-state index contributed by atoms with van der Waals surface area (Å²) in [4.78, 5) is 47.2. The van der Waals surface area contributed by atoms with E-state index in [1.165, 1.54) is 103 Å². The van der Waals surface area contributed by atoms with E-state index in [2.05, 4.69) is 287 Å². The molecule has 0 radical (unpaired) electrons. The Morgan fingerprint density at radius 3 is 0.846 bits per heavy atom. The van der Waals surface area contributed by atoms with Crippen molar-refractivity contribution in [2.24, 2.45) is 0 Å². The molecule has 0 saturated carbocycles. The van der Waals surface area contributed by atoms with Crippen LogP contribution in [0.15, 0.2) is 431 Å². The molecule has 24 aromatic rings. The van der Waals surface area contributed by atoms with E-state index in [4.69, 9.17) is 49.6 Å². The number of benzene rings is 21. The van der Waals surface area contributed by atoms with Crippen molar-refractivity contribution in [3.63, 3.8) is 0 Å². The molecule has 0 atom stereocenters. The van der Waals surface area contributed by atoms with Crippen molar-refractivity contribution in [1.29, 1.82) is 0 Å². The van der Waals surface area contributed by atoms with Crippen LogP contribution < -0.4 is 9.64 Å². The Morgan fingerprint density at radius 2 is 0.454 bits per heavy atom. The summed E-state index contributed by atoms with van der Waals surface area (Å²) in [5, 5.41) is 24.5. The lowest BCUT2D eigenvalue weighted by molar-refractivity contribution is 0.476. The third-order valence-electron chi connectivity index (χ3n) is 24.8. The average Bonchev–Trinajstić information content (AvgIpc) is 0.753. The van der Waals surface area contributed by atoms with Gasteiger partial charge in [-0.05, 0) is 184 Å². The number of hydrogen-bond acceptors (Lipinski definition) is 11. The number of fused-ring (bicyclic) bond motifs is 18. The zero-order valence-corrected chi connectivity index (χ0v) is 71.4. The lowest BCUT2D eigenvalue weighted by atomic mass is 9.87. The van der Waals surface area contributed by atoms with E-state index >= 15 is 0 Å². The van der Waals surface area contributed by atoms with Crippen LogP contribution in [0.25, 0.3) is 210 Å². The lowest BCUT2D eigenvalue weighted by Gasteiger charge is -2.31. The first-order chi connectivity index (χ1) is 64.0. The molecule has 3 aromatic heterocycles. The minimum Gasteiger partial charge on any atom is -0.453 e. The van der Waals surface area contributed by atoms with Gasteiger partial charge in [0.25, 0.3) is 0 Å². The van der Waals surface area contributed by atoms with Crippen LogP contribution in [0.4, 0.5) is 17.3 Å². The molecule has 11 nitrogen and oxygen atoms in total. The Bertz CT molecular complexity index is 8460. The van der Waals surface area contributed by atoms with Gasteiger partial charge in [0.2, 0.25) is 5.95 Å². The Morgan fingerprint density at radius 1 is 0.185 bits per heavy atom. The van der Waals surface area contributed by atoms with Crippen LogP contribution in [-0.2, 0) is 5.41 Å². The predicted molar refractivity (Wildman–Crippen MR) is 537 cm³/mol. The highest BCUT2D eigenvalue weighted by molar-refractivity contribution is 6.21. The van der Waals surface area contributed by atoms with Crippen molar-refractivity contribution in [1.82, 2.24) is 44.9 Å². The first kappa shape index (κ1) is 77.6. The van der Waals surface area contributed by atoms with E-state index in [1.54, 1.807) is 0 Å². The van der Waals surface area contributed by atoms with Crippen molar-refractivity contribution >= 4 is 125 Å². The second kappa shape index (κ2) is 32.8. The highest BCUT2D eigenvalue weighted by atomic mass is 16.5. The Balaban J connectivity index is 0.000000111. The Kier molecular flexibility index (Phi) is 19.6. The second-order valence-corrected chi connectivity index (χ2v) is 34.0. The zero-order valence-electron chi connectivity index (χ0n) is 71.4. The number of hydrogen-bond donors (Lipinski definition) is 0. The number of anilines is 3. The van der Waals surface area contributed by atoms with Crippen molar-refractivity contribution in [3.05, 3.63) is 436 Å². The number of para-hydroxylation sites is 4. The standard InChI is InChI=1S/C43H27N3.C39H24N4O.C37H29N3/c1-3-12-30(13-4-1)41-44-42(31-14-5-2-6-15-31)46-43(45-41)34-25-32-16-8-10-18-36(32)40(27-34)33-20-19-29-22-23-37-35-17-9-7-11-28(35)21-24-38(37)39(29)26-33;1-2-11-27(12-3-1)37-40-38(42-39(41-37)43-33-14-6-8-16-35(33)44-36-17-9-7-15-34(36)43)28-19-18-26-21-22-30-29-13-5-4-10-25(29)20-23-31(30)32(26)24-28;1-37(2,3)29-19-15-27(16-20-29)35-38-34(26-10-5-4-6-11-26)39-36(40-35)28-14-13-25-18-21-31-30-12-8-7-9-24(30)17-22-32(31)33(25)23-28/h1-27H;1-24H;4-23H,1-3H3. The van der Waals surface area contributed by atoms with E-state index in [0.29, 0.717) is 52.5 Å². The monoisotopic (exact) mass is 1660 g/mol. The second-order valence-electron chi connectivity index (χ2n) is 34.0. The first-order valence-corrected chi connectivity index (χ1v) is 43.9. The summed E-state index contributed by atoms with van der Waals surface area (Å²) in [6.07, 6.45) is 0. The van der Waals surface area contributed by atoms with E-state index in [1.807, 2.05) is 170 Å². The SMILES string of the molecule is CC(C)(C)c1ccc(-c2nc(-c3ccccc3)nc(-c3ccc4ccc5c6ccccc6ccc5c4c3)n2)cc1.c1ccc(-c2nc(-c3ccc4ccc5c6ccccc6ccc5c4c3)nc(N3c4ccccc4Oc4ccccc43)n2)cc1.c1ccc(-c2nc(-c3ccccc3)nc(-c3cc(-c4ccc5ccc6c7ccccc7ccc6c5c4)c4ccccc4c3)n2)cc1. The van der Waals surface area contributed by atoms with Crippen molar-refractivity contribution in [3.8, 4) is 114 Å². The molecular weight excluding hydrogens is 1590 g/mol. The summed E-state index contributed by atoms with van der Waals surface area (Å²) in [5.74, 6) is 7.22. The molecular formula is C119H80N10O. The Hall–Kier alpha value is -17.2. The van der Waals surface area contributed by atoms with Crippen LogP contribution in [0.3, 0.4) is 0 Å². The fraction of sp³-hybridized carbons (Fsp3) is 0.0336. The van der Waals surface area contributed by atoms with Gasteiger partial charge in [0.15, 0.2) is 58.1 Å². The van der Waals surface area contributed by atoms with Gasteiger partial charge in [0.05, 0.1) is 11.4 Å². The summed E-state index contributed by atoms with van der Waals surface area (Å²) < 4.78 is 6.27. The molecule has 21 aromatic carbocycles. The van der Waals surface area contributed by atoms with Gasteiger partial charge >= 0.3 is 0 Å². The van der Waals surface area contributed by atoms with Crippen LogP contribution in [0.5, 0.6) is 11.5 Å². The highest BCUT2D eigenvalue weighted by Gasteiger charge is 2.30. The Labute approximate surface area is 750 Å². The van der Waals surface area contributed by atoms with E-state index in [0.717, 1.165) is 89.3 Å². The summed E-state index contributed by atoms with van der Waals surface area (Å²) in [5.41, 5.74) is 13.0. The van der Waals surface area contributed by atoms with Gasteiger partial charge < -0.3 is 4.74 Å². The number of ether oxygens (including phenoxy) is 1. The number of rotatable bonds is 10. The molecule has 25 rings (SSSR count). The fourth-order valence-corrected chi connectivity index (χ4v) is 18.2. The molecule has 0 spiro atoms. The molecule has 0 unspecified atom stereocenters.